The van der Waals surface area contributed by atoms with Crippen LogP contribution < -0.4 is 0 Å². The van der Waals surface area contributed by atoms with Crippen molar-refractivity contribution >= 4 is 12.2 Å². The largest absolute Gasteiger partial charge is 0.265 e. The van der Waals surface area contributed by atoms with Crippen LogP contribution in [0.2, 0.25) is 0 Å². The summed E-state index contributed by atoms with van der Waals surface area (Å²) < 4.78 is 0. The highest BCUT2D eigenvalue weighted by Gasteiger charge is 1.82. The summed E-state index contributed by atoms with van der Waals surface area (Å²) in [5.74, 6) is 0. The lowest BCUT2D eigenvalue weighted by molar-refractivity contribution is 1.32. The van der Waals surface area contributed by atoms with Gasteiger partial charge in [-0.25, -0.2) is 0 Å². The molecule has 2 rings (SSSR count). The lowest BCUT2D eigenvalue weighted by Crippen LogP contribution is -1.71. The van der Waals surface area contributed by atoms with E-state index in [2.05, 4.69) is 29.3 Å². The Hall–Kier alpha value is -2.15. The summed E-state index contributed by atoms with van der Waals surface area (Å²) in [6.45, 7) is 0. The normalized spacial score (nSPS) is 11.2. The fraction of sp³-hybridized carbons (Fsp3) is 0. The lowest BCUT2D eigenvalue weighted by atomic mass is 10.2. The zero-order chi connectivity index (χ0) is 11.1. The van der Waals surface area contributed by atoms with Crippen molar-refractivity contribution in [2.24, 2.45) is 0 Å². The molecule has 16 heavy (non-hydrogen) atoms. The number of rotatable bonds is 3. The molecule has 0 radical (unpaired) electrons. The summed E-state index contributed by atoms with van der Waals surface area (Å²) >= 11 is 0. The van der Waals surface area contributed by atoms with Gasteiger partial charge in [-0.15, -0.1) is 0 Å². The molecule has 0 aliphatic carbocycles. The molecule has 0 aliphatic rings. The number of allylic oxidation sites excluding steroid dienone is 2. The summed E-state index contributed by atoms with van der Waals surface area (Å²) in [6, 6.07) is 14.2. The van der Waals surface area contributed by atoms with E-state index in [1.54, 1.807) is 12.4 Å². The third-order valence-electron chi connectivity index (χ3n) is 2.19. The molecule has 0 unspecified atom stereocenters. The Bertz CT molecular complexity index is 422. The van der Waals surface area contributed by atoms with Crippen molar-refractivity contribution in [1.82, 2.24) is 4.98 Å². The van der Waals surface area contributed by atoms with E-state index in [9.17, 15) is 0 Å². The first kappa shape index (κ1) is 10.4. The molecule has 1 heterocycles. The van der Waals surface area contributed by atoms with Gasteiger partial charge in [0.2, 0.25) is 0 Å². The molecule has 0 aliphatic heterocycles. The average Bonchev–Trinajstić information content (AvgIpc) is 2.37. The Labute approximate surface area is 95.8 Å². The van der Waals surface area contributed by atoms with Crippen LogP contribution in [-0.4, -0.2) is 4.98 Å². The van der Waals surface area contributed by atoms with Gasteiger partial charge in [0.1, 0.15) is 0 Å². The van der Waals surface area contributed by atoms with Gasteiger partial charge in [-0.3, -0.25) is 4.98 Å². The smallest absolute Gasteiger partial charge is 0.0273 e. The second kappa shape index (κ2) is 5.66. The van der Waals surface area contributed by atoms with Gasteiger partial charge >= 0.3 is 0 Å². The van der Waals surface area contributed by atoms with Crippen molar-refractivity contribution in [2.45, 2.75) is 0 Å². The minimum Gasteiger partial charge on any atom is -0.265 e. The zero-order valence-electron chi connectivity index (χ0n) is 8.95. The maximum Gasteiger partial charge on any atom is 0.0273 e. The Kier molecular flexibility index (Phi) is 3.67. The van der Waals surface area contributed by atoms with E-state index >= 15 is 0 Å². The van der Waals surface area contributed by atoms with Crippen LogP contribution in [0.3, 0.4) is 0 Å². The van der Waals surface area contributed by atoms with E-state index in [0.29, 0.717) is 0 Å². The van der Waals surface area contributed by atoms with Crippen LogP contribution >= 0.6 is 0 Å². The van der Waals surface area contributed by atoms with Gasteiger partial charge in [0, 0.05) is 12.4 Å². The standard InChI is InChI=1S/C15H13N/c1-2-6-14(7-3-1)8-4-5-9-15-10-12-16-13-11-15/h1-13H/b8-4+,9-5+. The highest BCUT2D eigenvalue weighted by atomic mass is 14.6. The van der Waals surface area contributed by atoms with Gasteiger partial charge < -0.3 is 0 Å². The summed E-state index contributed by atoms with van der Waals surface area (Å²) in [6.07, 6.45) is 11.8. The van der Waals surface area contributed by atoms with Gasteiger partial charge in [-0.05, 0) is 23.3 Å². The first-order valence-corrected chi connectivity index (χ1v) is 5.25. The topological polar surface area (TPSA) is 12.9 Å². The molecule has 0 spiro atoms. The van der Waals surface area contributed by atoms with Crippen LogP contribution in [0.5, 0.6) is 0 Å². The fourth-order valence-corrected chi connectivity index (χ4v) is 1.37. The van der Waals surface area contributed by atoms with E-state index in [4.69, 9.17) is 0 Å². The quantitative estimate of drug-likeness (QED) is 0.697. The Morgan fingerprint density at radius 1 is 0.688 bits per heavy atom. The summed E-state index contributed by atoms with van der Waals surface area (Å²) in [5.41, 5.74) is 2.37. The van der Waals surface area contributed by atoms with Crippen LogP contribution in [-0.2, 0) is 0 Å². The second-order valence-corrected chi connectivity index (χ2v) is 3.41. The van der Waals surface area contributed by atoms with E-state index in [-0.39, 0.29) is 0 Å². The molecule has 0 saturated heterocycles. The van der Waals surface area contributed by atoms with Crippen molar-refractivity contribution in [3.8, 4) is 0 Å². The van der Waals surface area contributed by atoms with E-state index in [1.165, 1.54) is 5.56 Å². The molecule has 0 bridgehead atoms. The highest BCUT2D eigenvalue weighted by molar-refractivity contribution is 5.56. The monoisotopic (exact) mass is 207 g/mol. The first-order chi connectivity index (χ1) is 7.95. The number of benzene rings is 1. The van der Waals surface area contributed by atoms with Crippen LogP contribution in [0.25, 0.3) is 12.2 Å². The predicted octanol–water partition coefficient (Wildman–Crippen LogP) is 3.81. The third-order valence-corrected chi connectivity index (χ3v) is 2.19. The molecular formula is C15H13N. The number of hydrogen-bond acceptors (Lipinski definition) is 1. The number of nitrogens with zero attached hydrogens (tertiary/aromatic N) is 1. The van der Waals surface area contributed by atoms with Crippen molar-refractivity contribution in [1.29, 1.82) is 0 Å². The average molecular weight is 207 g/mol. The molecule has 1 aromatic heterocycles. The van der Waals surface area contributed by atoms with Gasteiger partial charge in [0.05, 0.1) is 0 Å². The highest BCUT2D eigenvalue weighted by Crippen LogP contribution is 2.03. The fourth-order valence-electron chi connectivity index (χ4n) is 1.37. The van der Waals surface area contributed by atoms with Crippen molar-refractivity contribution in [2.75, 3.05) is 0 Å². The van der Waals surface area contributed by atoms with E-state index in [1.807, 2.05) is 42.5 Å². The van der Waals surface area contributed by atoms with Gasteiger partial charge in [0.25, 0.3) is 0 Å². The third kappa shape index (κ3) is 3.21. The molecule has 0 atom stereocenters. The molecule has 2 aromatic rings. The molecule has 78 valence electrons. The Morgan fingerprint density at radius 2 is 1.25 bits per heavy atom. The maximum absolute atomic E-state index is 3.97. The first-order valence-electron chi connectivity index (χ1n) is 5.25. The molecular weight excluding hydrogens is 194 g/mol. The second-order valence-electron chi connectivity index (χ2n) is 3.41. The molecule has 1 aromatic carbocycles. The molecule has 1 nitrogen and oxygen atoms in total. The van der Waals surface area contributed by atoms with E-state index < -0.39 is 0 Å². The van der Waals surface area contributed by atoms with Crippen LogP contribution in [0.1, 0.15) is 11.1 Å². The Morgan fingerprint density at radius 3 is 1.88 bits per heavy atom. The minimum absolute atomic E-state index is 1.16. The number of hydrogen-bond donors (Lipinski definition) is 0. The number of aromatic nitrogens is 1. The van der Waals surface area contributed by atoms with Gasteiger partial charge in [0.15, 0.2) is 0 Å². The zero-order valence-corrected chi connectivity index (χ0v) is 8.95. The molecule has 0 N–H and O–H groups in total. The van der Waals surface area contributed by atoms with Gasteiger partial charge in [-0.1, -0.05) is 54.6 Å². The Balaban J connectivity index is 1.98. The van der Waals surface area contributed by atoms with Gasteiger partial charge in [-0.2, -0.15) is 0 Å². The van der Waals surface area contributed by atoms with Crippen LogP contribution in [0, 0.1) is 0 Å². The summed E-state index contributed by atoms with van der Waals surface area (Å²) in [7, 11) is 0. The number of pyridine rings is 1. The maximum atomic E-state index is 3.97. The van der Waals surface area contributed by atoms with Crippen molar-refractivity contribution in [3.63, 3.8) is 0 Å². The predicted molar refractivity (Wildman–Crippen MR) is 68.7 cm³/mol. The molecule has 1 heteroatoms. The molecule has 0 fully saturated rings. The van der Waals surface area contributed by atoms with Crippen molar-refractivity contribution in [3.05, 3.63) is 78.1 Å². The van der Waals surface area contributed by atoms with E-state index in [0.717, 1.165) is 5.56 Å². The summed E-state index contributed by atoms with van der Waals surface area (Å²) in [4.78, 5) is 3.97. The minimum atomic E-state index is 1.16. The molecule has 0 amide bonds. The lowest BCUT2D eigenvalue weighted by Gasteiger charge is -1.90. The SMILES string of the molecule is C(/C=C/c1ccncc1)=C\c1ccccc1. The molecule has 0 saturated carbocycles. The van der Waals surface area contributed by atoms with Crippen LogP contribution in [0.4, 0.5) is 0 Å². The summed E-state index contributed by atoms with van der Waals surface area (Å²) in [5, 5.41) is 0. The van der Waals surface area contributed by atoms with Crippen molar-refractivity contribution < 1.29 is 0 Å². The van der Waals surface area contributed by atoms with Crippen LogP contribution in [0.15, 0.2) is 67.0 Å².